The van der Waals surface area contributed by atoms with E-state index in [9.17, 15) is 18.0 Å². The molecule has 1 saturated carbocycles. The molecule has 8 nitrogen and oxygen atoms in total. The minimum Gasteiger partial charge on any atom is -0.446 e. The van der Waals surface area contributed by atoms with Crippen molar-refractivity contribution in [3.8, 4) is 0 Å². The monoisotopic (exact) mass is 445 g/mol. The number of nitrogens with one attached hydrogen (secondary N) is 2. The minimum atomic E-state index is -3.54. The van der Waals surface area contributed by atoms with Crippen LogP contribution in [0.5, 0.6) is 0 Å². The summed E-state index contributed by atoms with van der Waals surface area (Å²) in [6.07, 6.45) is 2.09. The summed E-state index contributed by atoms with van der Waals surface area (Å²) in [5.41, 5.74) is 1.04. The Balaban J connectivity index is 1.54. The summed E-state index contributed by atoms with van der Waals surface area (Å²) < 4.78 is 30.9. The molecule has 9 heteroatoms. The highest BCUT2D eigenvalue weighted by molar-refractivity contribution is 7.89. The molecule has 2 aromatic rings. The minimum absolute atomic E-state index is 0.124. The largest absolute Gasteiger partial charge is 0.446 e. The van der Waals surface area contributed by atoms with Crippen molar-refractivity contribution >= 4 is 27.7 Å². The zero-order valence-electron chi connectivity index (χ0n) is 17.6. The highest BCUT2D eigenvalue weighted by Crippen LogP contribution is 2.22. The van der Waals surface area contributed by atoms with E-state index in [4.69, 9.17) is 4.74 Å². The molecule has 2 atom stereocenters. The second-order valence-electron chi connectivity index (χ2n) is 7.67. The van der Waals surface area contributed by atoms with E-state index in [0.29, 0.717) is 17.7 Å². The van der Waals surface area contributed by atoms with Crippen LogP contribution in [-0.2, 0) is 14.8 Å². The van der Waals surface area contributed by atoms with Gasteiger partial charge in [0.25, 0.3) is 5.91 Å². The predicted molar refractivity (Wildman–Crippen MR) is 117 cm³/mol. The summed E-state index contributed by atoms with van der Waals surface area (Å²) in [5, 5.41) is 5.65. The Bertz CT molecular complexity index is 1010. The quantitative estimate of drug-likeness (QED) is 0.710. The molecule has 0 bridgehead atoms. The lowest BCUT2D eigenvalue weighted by Crippen LogP contribution is -2.41. The molecule has 2 amide bonds. The maximum absolute atomic E-state index is 12.6. The number of ether oxygens (including phenoxy) is 1. The lowest BCUT2D eigenvalue weighted by molar-refractivity contribution is 0.0712. The normalized spacial score (nSPS) is 18.9. The Kier molecular flexibility index (Phi) is 7.29. The van der Waals surface area contributed by atoms with Gasteiger partial charge in [-0.1, -0.05) is 18.2 Å². The van der Waals surface area contributed by atoms with Crippen molar-refractivity contribution in [3.05, 3.63) is 60.2 Å². The fourth-order valence-corrected chi connectivity index (χ4v) is 4.36. The van der Waals surface area contributed by atoms with Gasteiger partial charge in [0.2, 0.25) is 10.0 Å². The first kappa shape index (κ1) is 22.8. The number of sulfonamides is 1. The molecule has 0 aromatic heterocycles. The van der Waals surface area contributed by atoms with Crippen LogP contribution in [0.15, 0.2) is 59.5 Å². The Morgan fingerprint density at radius 1 is 1.00 bits per heavy atom. The molecule has 2 N–H and O–H groups in total. The molecule has 31 heavy (non-hydrogen) atoms. The lowest BCUT2D eigenvalue weighted by atomic mass is 9.92. The Labute approximate surface area is 182 Å². The molecular formula is C22H27N3O5S. The van der Waals surface area contributed by atoms with Gasteiger partial charge in [-0.05, 0) is 55.7 Å². The molecule has 2 aromatic carbocycles. The fourth-order valence-electron chi connectivity index (χ4n) is 3.46. The van der Waals surface area contributed by atoms with Gasteiger partial charge in [0, 0.05) is 37.8 Å². The number of benzene rings is 2. The van der Waals surface area contributed by atoms with Crippen molar-refractivity contribution in [1.29, 1.82) is 0 Å². The standard InChI is InChI=1S/C22H27N3O5S/c1-25(2)31(28,29)20-13-11-16(12-14-20)21(26)23-18-9-6-10-19(15-18)30-22(27)24-17-7-4-3-5-8-17/h3-5,7-8,11-14,18-19H,6,9-10,15H2,1-2H3,(H,23,26)(H,24,27)/t18-,19-/m1/s1. The SMILES string of the molecule is CN(C)S(=O)(=O)c1ccc(C(=O)N[C@@H]2CCC[C@@H](OC(=O)Nc3ccccc3)C2)cc1. The van der Waals surface area contributed by atoms with Crippen LogP contribution in [0.1, 0.15) is 36.0 Å². The van der Waals surface area contributed by atoms with E-state index in [0.717, 1.165) is 23.6 Å². The van der Waals surface area contributed by atoms with E-state index in [1.165, 1.54) is 38.4 Å². The Morgan fingerprint density at radius 2 is 1.68 bits per heavy atom. The number of nitrogens with zero attached hydrogens (tertiary/aromatic N) is 1. The fraction of sp³-hybridized carbons (Fsp3) is 0.364. The lowest BCUT2D eigenvalue weighted by Gasteiger charge is -2.29. The number of anilines is 1. The third-order valence-corrected chi connectivity index (χ3v) is 6.98. The van der Waals surface area contributed by atoms with Crippen molar-refractivity contribution in [2.75, 3.05) is 19.4 Å². The molecule has 166 valence electrons. The third-order valence-electron chi connectivity index (χ3n) is 5.15. The van der Waals surface area contributed by atoms with E-state index in [2.05, 4.69) is 10.6 Å². The topological polar surface area (TPSA) is 105 Å². The zero-order valence-corrected chi connectivity index (χ0v) is 18.4. The van der Waals surface area contributed by atoms with E-state index >= 15 is 0 Å². The van der Waals surface area contributed by atoms with Gasteiger partial charge in [-0.3, -0.25) is 10.1 Å². The number of rotatable bonds is 6. The first-order valence-electron chi connectivity index (χ1n) is 10.1. The van der Waals surface area contributed by atoms with Crippen molar-refractivity contribution in [3.63, 3.8) is 0 Å². The van der Waals surface area contributed by atoms with E-state index in [1.807, 2.05) is 18.2 Å². The molecule has 0 saturated heterocycles. The molecular weight excluding hydrogens is 418 g/mol. The number of para-hydroxylation sites is 1. The molecule has 1 fully saturated rings. The summed E-state index contributed by atoms with van der Waals surface area (Å²) in [5.74, 6) is -0.284. The highest BCUT2D eigenvalue weighted by atomic mass is 32.2. The maximum Gasteiger partial charge on any atom is 0.411 e. The summed E-state index contributed by atoms with van der Waals surface area (Å²) in [6, 6.07) is 14.8. The number of amides is 2. The van der Waals surface area contributed by atoms with E-state index < -0.39 is 16.1 Å². The van der Waals surface area contributed by atoms with Crippen LogP contribution in [-0.4, -0.2) is 51.0 Å². The average Bonchev–Trinajstić information content (AvgIpc) is 2.74. The first-order chi connectivity index (χ1) is 14.8. The Morgan fingerprint density at radius 3 is 2.32 bits per heavy atom. The summed E-state index contributed by atoms with van der Waals surface area (Å²) in [7, 11) is -0.629. The Hall–Kier alpha value is -2.91. The van der Waals surface area contributed by atoms with Crippen LogP contribution in [0.25, 0.3) is 0 Å². The first-order valence-corrected chi connectivity index (χ1v) is 11.6. The van der Waals surface area contributed by atoms with Crippen LogP contribution in [0.2, 0.25) is 0 Å². The molecule has 0 spiro atoms. The van der Waals surface area contributed by atoms with Gasteiger partial charge in [0.05, 0.1) is 4.90 Å². The van der Waals surface area contributed by atoms with Gasteiger partial charge in [-0.15, -0.1) is 0 Å². The number of carbonyl (C=O) groups is 2. The van der Waals surface area contributed by atoms with Crippen molar-refractivity contribution in [1.82, 2.24) is 9.62 Å². The van der Waals surface area contributed by atoms with Gasteiger partial charge < -0.3 is 10.1 Å². The average molecular weight is 446 g/mol. The molecule has 3 rings (SSSR count). The van der Waals surface area contributed by atoms with Crippen molar-refractivity contribution < 1.29 is 22.7 Å². The molecule has 1 aliphatic carbocycles. The smallest absolute Gasteiger partial charge is 0.411 e. The van der Waals surface area contributed by atoms with Crippen molar-refractivity contribution in [2.45, 2.75) is 42.7 Å². The van der Waals surface area contributed by atoms with Gasteiger partial charge in [-0.25, -0.2) is 17.5 Å². The van der Waals surface area contributed by atoms with Gasteiger partial charge in [0.1, 0.15) is 6.10 Å². The van der Waals surface area contributed by atoms with Gasteiger partial charge in [0.15, 0.2) is 0 Å². The van der Waals surface area contributed by atoms with E-state index in [-0.39, 0.29) is 22.9 Å². The molecule has 0 unspecified atom stereocenters. The van der Waals surface area contributed by atoms with E-state index in [1.54, 1.807) is 12.1 Å². The summed E-state index contributed by atoms with van der Waals surface area (Å²) in [4.78, 5) is 24.8. The van der Waals surface area contributed by atoms with Gasteiger partial charge in [-0.2, -0.15) is 0 Å². The number of hydrogen-bond donors (Lipinski definition) is 2. The van der Waals surface area contributed by atoms with Crippen LogP contribution >= 0.6 is 0 Å². The summed E-state index contributed by atoms with van der Waals surface area (Å²) in [6.45, 7) is 0. The van der Waals surface area contributed by atoms with Crippen LogP contribution in [0.4, 0.5) is 10.5 Å². The van der Waals surface area contributed by atoms with Crippen LogP contribution < -0.4 is 10.6 Å². The second kappa shape index (κ2) is 9.93. The zero-order chi connectivity index (χ0) is 22.4. The molecule has 0 heterocycles. The summed E-state index contributed by atoms with van der Waals surface area (Å²) >= 11 is 0. The maximum atomic E-state index is 12.6. The van der Waals surface area contributed by atoms with Crippen molar-refractivity contribution in [2.24, 2.45) is 0 Å². The van der Waals surface area contributed by atoms with Crippen LogP contribution in [0.3, 0.4) is 0 Å². The number of hydrogen-bond acceptors (Lipinski definition) is 5. The van der Waals surface area contributed by atoms with Gasteiger partial charge >= 0.3 is 6.09 Å². The highest BCUT2D eigenvalue weighted by Gasteiger charge is 2.26. The predicted octanol–water partition coefficient (Wildman–Crippen LogP) is 3.23. The molecule has 0 aliphatic heterocycles. The third kappa shape index (κ3) is 6.05. The second-order valence-corrected chi connectivity index (χ2v) is 9.82. The molecule has 0 radical (unpaired) electrons. The number of carbonyl (C=O) groups excluding carboxylic acids is 2. The molecule has 1 aliphatic rings. The van der Waals surface area contributed by atoms with Crippen LogP contribution in [0, 0.1) is 0 Å².